The quantitative estimate of drug-likeness (QED) is 0.606. The van der Waals surface area contributed by atoms with Crippen molar-refractivity contribution in [3.8, 4) is 0 Å². The number of ether oxygens (including phenoxy) is 1. The number of carbonyl (C=O) groups excluding carboxylic acids is 2. The zero-order valence-electron chi connectivity index (χ0n) is 9.40. The summed E-state index contributed by atoms with van der Waals surface area (Å²) in [6.45, 7) is 1.51. The lowest BCUT2D eigenvalue weighted by Crippen LogP contribution is -2.33. The molecule has 1 atom stereocenters. The van der Waals surface area contributed by atoms with Crippen molar-refractivity contribution in [2.24, 2.45) is 5.73 Å². The summed E-state index contributed by atoms with van der Waals surface area (Å²) in [6, 6.07) is 6.37. The Kier molecular flexibility index (Phi) is 4.19. The van der Waals surface area contributed by atoms with Crippen molar-refractivity contribution in [2.75, 3.05) is 7.11 Å². The first-order chi connectivity index (χ1) is 7.54. The molecule has 0 aromatic heterocycles. The molecule has 0 radical (unpaired) electrons. The molecule has 0 fully saturated rings. The SMILES string of the molecule is COC(=O)C(N)Cc1ccc(C(C)=O)cc1. The van der Waals surface area contributed by atoms with Crippen molar-refractivity contribution >= 4 is 11.8 Å². The van der Waals surface area contributed by atoms with Crippen molar-refractivity contribution in [3.05, 3.63) is 35.4 Å². The fourth-order valence-corrected chi connectivity index (χ4v) is 1.36. The van der Waals surface area contributed by atoms with Gasteiger partial charge in [-0.1, -0.05) is 24.3 Å². The van der Waals surface area contributed by atoms with Gasteiger partial charge in [0.25, 0.3) is 0 Å². The molecule has 1 aromatic carbocycles. The van der Waals surface area contributed by atoms with E-state index >= 15 is 0 Å². The molecule has 2 N–H and O–H groups in total. The molecule has 1 aromatic rings. The Balaban J connectivity index is 2.68. The highest BCUT2D eigenvalue weighted by Crippen LogP contribution is 2.07. The second kappa shape index (κ2) is 5.42. The predicted molar refractivity (Wildman–Crippen MR) is 60.1 cm³/mol. The maximum atomic E-state index is 11.1. The molecule has 86 valence electrons. The second-order valence-electron chi connectivity index (χ2n) is 3.59. The van der Waals surface area contributed by atoms with Gasteiger partial charge >= 0.3 is 5.97 Å². The van der Waals surface area contributed by atoms with Gasteiger partial charge in [0, 0.05) is 5.56 Å². The third-order valence-corrected chi connectivity index (χ3v) is 2.32. The van der Waals surface area contributed by atoms with E-state index in [1.54, 1.807) is 24.3 Å². The van der Waals surface area contributed by atoms with Crippen LogP contribution in [-0.2, 0) is 16.0 Å². The van der Waals surface area contributed by atoms with Crippen LogP contribution in [0.2, 0.25) is 0 Å². The maximum Gasteiger partial charge on any atom is 0.322 e. The maximum absolute atomic E-state index is 11.1. The Morgan fingerprint density at radius 1 is 1.31 bits per heavy atom. The number of methoxy groups -OCH3 is 1. The first-order valence-electron chi connectivity index (χ1n) is 4.98. The topological polar surface area (TPSA) is 69.4 Å². The summed E-state index contributed by atoms with van der Waals surface area (Å²) in [5.41, 5.74) is 7.17. The lowest BCUT2D eigenvalue weighted by Gasteiger charge is -2.09. The van der Waals surface area contributed by atoms with Crippen LogP contribution in [0, 0.1) is 0 Å². The lowest BCUT2D eigenvalue weighted by molar-refractivity contribution is -0.142. The molecule has 0 amide bonds. The van der Waals surface area contributed by atoms with Crippen molar-refractivity contribution in [1.82, 2.24) is 0 Å². The van der Waals surface area contributed by atoms with E-state index in [0.717, 1.165) is 5.56 Å². The van der Waals surface area contributed by atoms with Crippen LogP contribution < -0.4 is 5.73 Å². The number of nitrogens with two attached hydrogens (primary N) is 1. The van der Waals surface area contributed by atoms with Gasteiger partial charge in [-0.05, 0) is 18.9 Å². The molecule has 1 rings (SSSR count). The summed E-state index contributed by atoms with van der Waals surface area (Å²) in [5, 5.41) is 0. The number of rotatable bonds is 4. The monoisotopic (exact) mass is 221 g/mol. The molecule has 0 bridgehead atoms. The van der Waals surface area contributed by atoms with Crippen LogP contribution >= 0.6 is 0 Å². The highest BCUT2D eigenvalue weighted by Gasteiger charge is 2.14. The number of benzene rings is 1. The lowest BCUT2D eigenvalue weighted by atomic mass is 10.0. The molecule has 4 nitrogen and oxygen atoms in total. The number of esters is 1. The number of carbonyl (C=O) groups is 2. The summed E-state index contributed by atoms with van der Waals surface area (Å²) in [7, 11) is 1.31. The van der Waals surface area contributed by atoms with Crippen LogP contribution in [0.4, 0.5) is 0 Å². The number of Topliss-reactive ketones (excluding diaryl/α,β-unsaturated/α-hetero) is 1. The van der Waals surface area contributed by atoms with Gasteiger partial charge in [0.1, 0.15) is 6.04 Å². The molecule has 16 heavy (non-hydrogen) atoms. The van der Waals surface area contributed by atoms with E-state index in [2.05, 4.69) is 4.74 Å². The van der Waals surface area contributed by atoms with Gasteiger partial charge in [-0.2, -0.15) is 0 Å². The zero-order valence-corrected chi connectivity index (χ0v) is 9.40. The van der Waals surface area contributed by atoms with Gasteiger partial charge in [-0.3, -0.25) is 9.59 Å². The van der Waals surface area contributed by atoms with E-state index in [0.29, 0.717) is 12.0 Å². The first kappa shape index (κ1) is 12.4. The largest absolute Gasteiger partial charge is 0.468 e. The minimum absolute atomic E-state index is 0.0174. The number of hydrogen-bond donors (Lipinski definition) is 1. The smallest absolute Gasteiger partial charge is 0.322 e. The van der Waals surface area contributed by atoms with Crippen LogP contribution in [0.5, 0.6) is 0 Å². The van der Waals surface area contributed by atoms with Crippen molar-refractivity contribution in [2.45, 2.75) is 19.4 Å². The van der Waals surface area contributed by atoms with Crippen LogP contribution in [-0.4, -0.2) is 24.9 Å². The van der Waals surface area contributed by atoms with Gasteiger partial charge in [-0.25, -0.2) is 0 Å². The molecule has 0 aliphatic rings. The highest BCUT2D eigenvalue weighted by atomic mass is 16.5. The fourth-order valence-electron chi connectivity index (χ4n) is 1.36. The summed E-state index contributed by atoms with van der Waals surface area (Å²) in [4.78, 5) is 22.1. The standard InChI is InChI=1S/C12H15NO3/c1-8(14)10-5-3-9(4-6-10)7-11(13)12(15)16-2/h3-6,11H,7,13H2,1-2H3. The van der Waals surface area contributed by atoms with Gasteiger partial charge in [0.05, 0.1) is 7.11 Å². The van der Waals surface area contributed by atoms with Gasteiger partial charge in [-0.15, -0.1) is 0 Å². The Morgan fingerprint density at radius 2 is 1.88 bits per heavy atom. The highest BCUT2D eigenvalue weighted by molar-refractivity contribution is 5.94. The van der Waals surface area contributed by atoms with Crippen LogP contribution in [0.15, 0.2) is 24.3 Å². The van der Waals surface area contributed by atoms with Crippen LogP contribution in [0.25, 0.3) is 0 Å². The van der Waals surface area contributed by atoms with Crippen LogP contribution in [0.3, 0.4) is 0 Å². The van der Waals surface area contributed by atoms with Gasteiger partial charge in [0.2, 0.25) is 0 Å². The fraction of sp³-hybridized carbons (Fsp3) is 0.333. The normalized spacial score (nSPS) is 11.9. The number of ketones is 1. The molecule has 0 saturated heterocycles. The Morgan fingerprint density at radius 3 is 2.31 bits per heavy atom. The first-order valence-corrected chi connectivity index (χ1v) is 4.98. The molecule has 1 unspecified atom stereocenters. The Hall–Kier alpha value is -1.68. The van der Waals surface area contributed by atoms with E-state index in [-0.39, 0.29) is 5.78 Å². The van der Waals surface area contributed by atoms with E-state index < -0.39 is 12.0 Å². The van der Waals surface area contributed by atoms with Crippen molar-refractivity contribution in [1.29, 1.82) is 0 Å². The summed E-state index contributed by atoms with van der Waals surface area (Å²) in [6.07, 6.45) is 0.408. The molecular formula is C12H15NO3. The van der Waals surface area contributed by atoms with Crippen LogP contribution in [0.1, 0.15) is 22.8 Å². The molecule has 0 saturated carbocycles. The predicted octanol–water partition coefficient (Wildman–Crippen LogP) is 0.932. The van der Waals surface area contributed by atoms with E-state index in [4.69, 9.17) is 5.73 Å². The summed E-state index contributed by atoms with van der Waals surface area (Å²) >= 11 is 0. The minimum Gasteiger partial charge on any atom is -0.468 e. The molecule has 0 aliphatic carbocycles. The van der Waals surface area contributed by atoms with Crippen molar-refractivity contribution < 1.29 is 14.3 Å². The summed E-state index contributed by atoms with van der Waals surface area (Å²) in [5.74, 6) is -0.417. The van der Waals surface area contributed by atoms with Crippen molar-refractivity contribution in [3.63, 3.8) is 0 Å². The molecule has 0 heterocycles. The molecular weight excluding hydrogens is 206 g/mol. The minimum atomic E-state index is -0.659. The average molecular weight is 221 g/mol. The van der Waals surface area contributed by atoms with Gasteiger partial charge in [0.15, 0.2) is 5.78 Å². The summed E-state index contributed by atoms with van der Waals surface area (Å²) < 4.78 is 4.53. The third kappa shape index (κ3) is 3.17. The molecule has 4 heteroatoms. The molecule has 0 spiro atoms. The number of hydrogen-bond acceptors (Lipinski definition) is 4. The zero-order chi connectivity index (χ0) is 12.1. The average Bonchev–Trinajstić information content (AvgIpc) is 2.28. The second-order valence-corrected chi connectivity index (χ2v) is 3.59. The Labute approximate surface area is 94.4 Å². The van der Waals surface area contributed by atoms with Gasteiger partial charge < -0.3 is 10.5 Å². The third-order valence-electron chi connectivity index (χ3n) is 2.32. The Bertz CT molecular complexity index is 384. The van der Waals surface area contributed by atoms with E-state index in [1.807, 2.05) is 0 Å². The van der Waals surface area contributed by atoms with E-state index in [9.17, 15) is 9.59 Å². The van der Waals surface area contributed by atoms with E-state index in [1.165, 1.54) is 14.0 Å². The molecule has 0 aliphatic heterocycles.